The van der Waals surface area contributed by atoms with E-state index in [1.54, 1.807) is 17.9 Å². The molecule has 0 unspecified atom stereocenters. The van der Waals surface area contributed by atoms with Gasteiger partial charge in [0.25, 0.3) is 0 Å². The van der Waals surface area contributed by atoms with E-state index in [1.807, 2.05) is 5.32 Å². The van der Waals surface area contributed by atoms with E-state index in [0.717, 1.165) is 0 Å². The Morgan fingerprint density at radius 1 is 1.28 bits per heavy atom. The van der Waals surface area contributed by atoms with Crippen molar-refractivity contribution in [2.45, 2.75) is 32.0 Å². The number of amides is 2. The van der Waals surface area contributed by atoms with E-state index < -0.39 is 18.1 Å². The third-order valence-electron chi connectivity index (χ3n) is 2.71. The molecule has 18 heavy (non-hydrogen) atoms. The predicted molar refractivity (Wildman–Crippen MR) is 58.6 cm³/mol. The number of nitrogens with zero attached hydrogens (tertiary/aromatic N) is 1. The summed E-state index contributed by atoms with van der Waals surface area (Å²) < 4.78 is 36.1. The van der Waals surface area contributed by atoms with Gasteiger partial charge in [0.1, 0.15) is 0 Å². The van der Waals surface area contributed by atoms with Crippen molar-refractivity contribution in [1.82, 2.24) is 10.2 Å². The monoisotopic (exact) mass is 264 g/mol. The molecule has 102 valence electrons. The van der Waals surface area contributed by atoms with E-state index in [-0.39, 0.29) is 5.91 Å². The Morgan fingerprint density at radius 3 is 2.28 bits per heavy atom. The average molecular weight is 264 g/mol. The Kier molecular flexibility index (Phi) is 4.75. The van der Waals surface area contributed by atoms with Crippen molar-refractivity contribution < 1.29 is 22.8 Å². The number of likely N-dealkylation sites (tertiary alicyclic amines) is 1. The van der Waals surface area contributed by atoms with Gasteiger partial charge in [-0.25, -0.2) is 0 Å². The van der Waals surface area contributed by atoms with Gasteiger partial charge in [0.15, 0.2) is 0 Å². The lowest BCUT2D eigenvalue weighted by Gasteiger charge is -2.31. The summed E-state index contributed by atoms with van der Waals surface area (Å²) in [7, 11) is 0. The minimum absolute atomic E-state index is 0.155. The summed E-state index contributed by atoms with van der Waals surface area (Å²) in [4.78, 5) is 23.7. The minimum atomic E-state index is -4.85. The highest BCUT2D eigenvalue weighted by atomic mass is 19.4. The van der Waals surface area contributed by atoms with Crippen molar-refractivity contribution >= 4 is 11.8 Å². The highest BCUT2D eigenvalue weighted by molar-refractivity contribution is 5.87. The van der Waals surface area contributed by atoms with Crippen molar-refractivity contribution in [3.63, 3.8) is 0 Å². The second kappa shape index (κ2) is 5.88. The first-order valence-electron chi connectivity index (χ1n) is 5.64. The van der Waals surface area contributed by atoms with Gasteiger partial charge in [0.05, 0.1) is 0 Å². The van der Waals surface area contributed by atoms with Crippen molar-refractivity contribution in [2.24, 2.45) is 0 Å². The van der Waals surface area contributed by atoms with Crippen LogP contribution in [-0.4, -0.2) is 42.0 Å². The van der Waals surface area contributed by atoms with E-state index in [1.165, 1.54) is 6.08 Å². The van der Waals surface area contributed by atoms with Gasteiger partial charge < -0.3 is 10.2 Å². The van der Waals surface area contributed by atoms with Crippen LogP contribution in [0, 0.1) is 0 Å². The SMILES string of the molecule is C/C=C/C(=O)N1CCC(NC(=O)C(F)(F)F)CC1. The summed E-state index contributed by atoms with van der Waals surface area (Å²) in [6.45, 7) is 2.42. The first-order valence-corrected chi connectivity index (χ1v) is 5.64. The van der Waals surface area contributed by atoms with Crippen LogP contribution in [0.5, 0.6) is 0 Å². The van der Waals surface area contributed by atoms with Gasteiger partial charge in [-0.15, -0.1) is 0 Å². The van der Waals surface area contributed by atoms with Crippen LogP contribution >= 0.6 is 0 Å². The smallest absolute Gasteiger partial charge is 0.345 e. The number of allylic oxidation sites excluding steroid dienone is 1. The van der Waals surface area contributed by atoms with Gasteiger partial charge in [-0.2, -0.15) is 13.2 Å². The van der Waals surface area contributed by atoms with Crippen molar-refractivity contribution in [3.8, 4) is 0 Å². The molecule has 0 saturated carbocycles. The lowest BCUT2D eigenvalue weighted by molar-refractivity contribution is -0.174. The Bertz CT molecular complexity index is 345. The fourth-order valence-corrected chi connectivity index (χ4v) is 1.76. The Balaban J connectivity index is 2.40. The molecule has 1 aliphatic rings. The topological polar surface area (TPSA) is 49.4 Å². The van der Waals surface area contributed by atoms with Gasteiger partial charge in [-0.05, 0) is 25.8 Å². The van der Waals surface area contributed by atoms with Crippen LogP contribution in [0.3, 0.4) is 0 Å². The number of carbonyl (C=O) groups is 2. The molecule has 7 heteroatoms. The van der Waals surface area contributed by atoms with E-state index in [4.69, 9.17) is 0 Å². The lowest BCUT2D eigenvalue weighted by Crippen LogP contribution is -2.49. The molecule has 4 nitrogen and oxygen atoms in total. The molecule has 0 aromatic heterocycles. The summed E-state index contributed by atoms with van der Waals surface area (Å²) in [6.07, 6.45) is -1.15. The molecule has 1 fully saturated rings. The van der Waals surface area contributed by atoms with Gasteiger partial charge in [0, 0.05) is 19.1 Å². The summed E-state index contributed by atoms with van der Waals surface area (Å²) in [5.41, 5.74) is 0. The maximum Gasteiger partial charge on any atom is 0.471 e. The summed E-state index contributed by atoms with van der Waals surface area (Å²) in [6, 6.07) is -0.520. The molecule has 0 spiro atoms. The Labute approximate surface area is 103 Å². The maximum atomic E-state index is 12.0. The van der Waals surface area contributed by atoms with E-state index in [9.17, 15) is 22.8 Å². The molecule has 1 rings (SSSR count). The largest absolute Gasteiger partial charge is 0.471 e. The van der Waals surface area contributed by atoms with Crippen LogP contribution in [0.25, 0.3) is 0 Å². The molecular formula is C11H15F3N2O2. The fraction of sp³-hybridized carbons (Fsp3) is 0.636. The number of rotatable bonds is 2. The van der Waals surface area contributed by atoms with Gasteiger partial charge in [-0.3, -0.25) is 9.59 Å². The molecule has 1 saturated heterocycles. The second-order valence-electron chi connectivity index (χ2n) is 4.07. The molecule has 0 atom stereocenters. The van der Waals surface area contributed by atoms with Crippen LogP contribution in [0.15, 0.2) is 12.2 Å². The molecule has 0 aromatic rings. The van der Waals surface area contributed by atoms with Gasteiger partial charge in [-0.1, -0.05) is 6.08 Å². The van der Waals surface area contributed by atoms with Crippen molar-refractivity contribution in [2.75, 3.05) is 13.1 Å². The number of hydrogen-bond donors (Lipinski definition) is 1. The molecule has 0 radical (unpaired) electrons. The molecule has 0 bridgehead atoms. The average Bonchev–Trinajstić information content (AvgIpc) is 2.29. The normalized spacial score (nSPS) is 18.1. The number of hydrogen-bond acceptors (Lipinski definition) is 2. The standard InChI is InChI=1S/C11H15F3N2O2/c1-2-3-9(17)16-6-4-8(5-7-16)15-10(18)11(12,13)14/h2-3,8H,4-7H2,1H3,(H,15,18)/b3-2+. The fourth-order valence-electron chi connectivity index (χ4n) is 1.76. The summed E-state index contributed by atoms with van der Waals surface area (Å²) >= 11 is 0. The molecule has 1 aliphatic heterocycles. The molecule has 1 N–H and O–H groups in total. The zero-order chi connectivity index (χ0) is 13.8. The number of halogens is 3. The molecular weight excluding hydrogens is 249 g/mol. The molecule has 2 amide bonds. The zero-order valence-corrected chi connectivity index (χ0v) is 9.96. The zero-order valence-electron chi connectivity index (χ0n) is 9.96. The third kappa shape index (κ3) is 4.05. The van der Waals surface area contributed by atoms with Gasteiger partial charge >= 0.3 is 12.1 Å². The van der Waals surface area contributed by atoms with E-state index in [2.05, 4.69) is 0 Å². The van der Waals surface area contributed by atoms with Crippen LogP contribution in [-0.2, 0) is 9.59 Å². The first kappa shape index (κ1) is 14.5. The maximum absolute atomic E-state index is 12.0. The summed E-state index contributed by atoms with van der Waals surface area (Å²) in [5.74, 6) is -2.07. The molecule has 0 aliphatic carbocycles. The van der Waals surface area contributed by atoms with Crippen LogP contribution in [0.1, 0.15) is 19.8 Å². The quantitative estimate of drug-likeness (QED) is 0.763. The van der Waals surface area contributed by atoms with Crippen LogP contribution in [0.4, 0.5) is 13.2 Å². The van der Waals surface area contributed by atoms with Crippen LogP contribution < -0.4 is 5.32 Å². The molecule has 1 heterocycles. The second-order valence-corrected chi connectivity index (χ2v) is 4.07. The van der Waals surface area contributed by atoms with Crippen LogP contribution in [0.2, 0.25) is 0 Å². The first-order chi connectivity index (χ1) is 8.34. The van der Waals surface area contributed by atoms with Crippen molar-refractivity contribution in [3.05, 3.63) is 12.2 Å². The highest BCUT2D eigenvalue weighted by Gasteiger charge is 2.40. The number of carbonyl (C=O) groups excluding carboxylic acids is 2. The molecule has 0 aromatic carbocycles. The predicted octanol–water partition coefficient (Wildman–Crippen LogP) is 1.23. The Morgan fingerprint density at radius 2 is 1.83 bits per heavy atom. The van der Waals surface area contributed by atoms with Gasteiger partial charge in [0.2, 0.25) is 5.91 Å². The number of alkyl halides is 3. The highest BCUT2D eigenvalue weighted by Crippen LogP contribution is 2.17. The van der Waals surface area contributed by atoms with E-state index >= 15 is 0 Å². The van der Waals surface area contributed by atoms with Crippen molar-refractivity contribution in [1.29, 1.82) is 0 Å². The minimum Gasteiger partial charge on any atom is -0.345 e. The summed E-state index contributed by atoms with van der Waals surface area (Å²) in [5, 5.41) is 1.93. The number of piperidine rings is 1. The Hall–Kier alpha value is -1.53. The third-order valence-corrected chi connectivity index (χ3v) is 2.71. The number of nitrogens with one attached hydrogen (secondary N) is 1. The van der Waals surface area contributed by atoms with E-state index in [0.29, 0.717) is 25.9 Å². The lowest BCUT2D eigenvalue weighted by atomic mass is 10.0.